The van der Waals surface area contributed by atoms with Crippen LogP contribution >= 0.6 is 34.7 Å². The monoisotopic (exact) mass is 271 g/mol. The van der Waals surface area contributed by atoms with Crippen molar-refractivity contribution < 1.29 is 0 Å². The van der Waals surface area contributed by atoms with Crippen molar-refractivity contribution in [3.63, 3.8) is 0 Å². The van der Waals surface area contributed by atoms with Gasteiger partial charge < -0.3 is 5.73 Å². The van der Waals surface area contributed by atoms with Crippen LogP contribution in [-0.4, -0.2) is 9.97 Å². The summed E-state index contributed by atoms with van der Waals surface area (Å²) in [6.45, 7) is 1.98. The first kappa shape index (κ1) is 11.7. The van der Waals surface area contributed by atoms with E-state index in [1.165, 1.54) is 0 Å². The minimum absolute atomic E-state index is 0.496. The standard InChI is InChI=1S/C10H10ClN3S2/c1-6-4-15-10(13-6)16-5-8-7(11)2-3-9(12)14-8/h2-4H,5H2,1H3,(H2,12,14). The molecule has 0 aliphatic rings. The van der Waals surface area contributed by atoms with E-state index in [-0.39, 0.29) is 0 Å². The van der Waals surface area contributed by atoms with Gasteiger partial charge in [-0.3, -0.25) is 0 Å². The van der Waals surface area contributed by atoms with E-state index in [1.54, 1.807) is 35.2 Å². The van der Waals surface area contributed by atoms with Crippen molar-refractivity contribution in [3.8, 4) is 0 Å². The number of hydrogen-bond donors (Lipinski definition) is 1. The minimum Gasteiger partial charge on any atom is -0.384 e. The highest BCUT2D eigenvalue weighted by molar-refractivity contribution is 8.00. The molecule has 0 amide bonds. The second-order valence-electron chi connectivity index (χ2n) is 3.21. The molecule has 2 heterocycles. The first-order valence-corrected chi connectivity index (χ1v) is 6.85. The van der Waals surface area contributed by atoms with E-state index < -0.39 is 0 Å². The highest BCUT2D eigenvalue weighted by Gasteiger charge is 2.05. The molecular weight excluding hydrogens is 262 g/mol. The Morgan fingerprint density at radius 2 is 2.25 bits per heavy atom. The Hall–Kier alpha value is -0.780. The van der Waals surface area contributed by atoms with E-state index in [4.69, 9.17) is 17.3 Å². The number of aryl methyl sites for hydroxylation is 1. The van der Waals surface area contributed by atoms with E-state index in [0.29, 0.717) is 16.6 Å². The summed E-state index contributed by atoms with van der Waals surface area (Å²) >= 11 is 9.27. The van der Waals surface area contributed by atoms with Gasteiger partial charge in [0, 0.05) is 16.8 Å². The number of rotatable bonds is 3. The third kappa shape index (κ3) is 2.87. The van der Waals surface area contributed by atoms with Crippen LogP contribution in [0.2, 0.25) is 5.02 Å². The van der Waals surface area contributed by atoms with E-state index in [9.17, 15) is 0 Å². The van der Waals surface area contributed by atoms with Crippen molar-refractivity contribution in [2.45, 2.75) is 17.0 Å². The maximum absolute atomic E-state index is 6.02. The third-order valence-corrected chi connectivity index (χ3v) is 4.36. The molecule has 16 heavy (non-hydrogen) atoms. The van der Waals surface area contributed by atoms with Crippen molar-refractivity contribution >= 4 is 40.5 Å². The maximum Gasteiger partial charge on any atom is 0.150 e. The molecule has 0 unspecified atom stereocenters. The summed E-state index contributed by atoms with van der Waals surface area (Å²) in [5.41, 5.74) is 7.45. The first-order valence-electron chi connectivity index (χ1n) is 4.61. The van der Waals surface area contributed by atoms with Gasteiger partial charge in [-0.05, 0) is 19.1 Å². The van der Waals surface area contributed by atoms with Gasteiger partial charge in [-0.25, -0.2) is 9.97 Å². The van der Waals surface area contributed by atoms with Gasteiger partial charge in [0.25, 0.3) is 0 Å². The zero-order valence-corrected chi connectivity index (χ0v) is 11.0. The number of halogens is 1. The number of pyridine rings is 1. The Morgan fingerprint density at radius 1 is 1.44 bits per heavy atom. The molecule has 3 nitrogen and oxygen atoms in total. The molecule has 0 aliphatic carbocycles. The average Bonchev–Trinajstić information content (AvgIpc) is 2.66. The molecule has 0 saturated carbocycles. The summed E-state index contributed by atoms with van der Waals surface area (Å²) in [7, 11) is 0. The maximum atomic E-state index is 6.02. The zero-order valence-electron chi connectivity index (χ0n) is 8.61. The van der Waals surface area contributed by atoms with Gasteiger partial charge in [-0.2, -0.15) is 0 Å². The second kappa shape index (κ2) is 5.03. The highest BCUT2D eigenvalue weighted by atomic mass is 35.5. The topological polar surface area (TPSA) is 51.8 Å². The van der Waals surface area contributed by atoms with Crippen molar-refractivity contribution in [1.82, 2.24) is 9.97 Å². The quantitative estimate of drug-likeness (QED) is 0.870. The smallest absolute Gasteiger partial charge is 0.150 e. The molecule has 0 saturated heterocycles. The van der Waals surface area contributed by atoms with E-state index in [0.717, 1.165) is 15.7 Å². The molecular formula is C10H10ClN3S2. The van der Waals surface area contributed by atoms with Crippen LogP contribution < -0.4 is 5.73 Å². The average molecular weight is 272 g/mol. The van der Waals surface area contributed by atoms with Gasteiger partial charge >= 0.3 is 0 Å². The lowest BCUT2D eigenvalue weighted by molar-refractivity contribution is 1.14. The van der Waals surface area contributed by atoms with Crippen molar-refractivity contribution in [2.75, 3.05) is 5.73 Å². The fourth-order valence-corrected chi connectivity index (χ4v) is 3.19. The number of nitrogen functional groups attached to an aromatic ring is 1. The fraction of sp³-hybridized carbons (Fsp3) is 0.200. The van der Waals surface area contributed by atoms with Gasteiger partial charge in [0.15, 0.2) is 0 Å². The number of nitrogens with zero attached hydrogens (tertiary/aromatic N) is 2. The zero-order chi connectivity index (χ0) is 11.5. The van der Waals surface area contributed by atoms with Crippen molar-refractivity contribution in [1.29, 1.82) is 0 Å². The van der Waals surface area contributed by atoms with Crippen molar-refractivity contribution in [2.24, 2.45) is 0 Å². The van der Waals surface area contributed by atoms with E-state index >= 15 is 0 Å². The van der Waals surface area contributed by atoms with Gasteiger partial charge in [0.05, 0.1) is 10.7 Å². The Labute approximate surface area is 107 Å². The molecule has 6 heteroatoms. The first-order chi connectivity index (χ1) is 7.65. The minimum atomic E-state index is 0.496. The molecule has 0 radical (unpaired) electrons. The van der Waals surface area contributed by atoms with Crippen LogP contribution in [-0.2, 0) is 5.75 Å². The number of nitrogens with two attached hydrogens (primary N) is 1. The normalized spacial score (nSPS) is 10.6. The molecule has 2 rings (SSSR count). The van der Waals surface area contributed by atoms with E-state index in [1.807, 2.05) is 12.3 Å². The van der Waals surface area contributed by atoms with Gasteiger partial charge in [0.1, 0.15) is 10.2 Å². The number of anilines is 1. The summed E-state index contributed by atoms with van der Waals surface area (Å²) in [6.07, 6.45) is 0. The van der Waals surface area contributed by atoms with Crippen LogP contribution in [0.5, 0.6) is 0 Å². The molecule has 2 aromatic rings. The van der Waals surface area contributed by atoms with Crippen molar-refractivity contribution in [3.05, 3.63) is 33.9 Å². The Bertz CT molecular complexity index is 499. The Balaban J connectivity index is 2.07. The molecule has 0 aliphatic heterocycles. The Kier molecular flexibility index (Phi) is 3.68. The van der Waals surface area contributed by atoms with Gasteiger partial charge in [-0.15, -0.1) is 11.3 Å². The highest BCUT2D eigenvalue weighted by Crippen LogP contribution is 2.28. The van der Waals surface area contributed by atoms with Crippen LogP contribution in [0.15, 0.2) is 21.9 Å². The number of hydrogen-bond acceptors (Lipinski definition) is 5. The van der Waals surface area contributed by atoms with Crippen LogP contribution in [0.3, 0.4) is 0 Å². The van der Waals surface area contributed by atoms with Crippen LogP contribution in [0, 0.1) is 6.92 Å². The summed E-state index contributed by atoms with van der Waals surface area (Å²) in [5.74, 6) is 1.19. The van der Waals surface area contributed by atoms with Crippen LogP contribution in [0.25, 0.3) is 0 Å². The number of thiazole rings is 1. The predicted octanol–water partition coefficient (Wildman–Crippen LogP) is 3.37. The molecule has 0 aromatic carbocycles. The lowest BCUT2D eigenvalue weighted by atomic mass is 10.4. The molecule has 0 atom stereocenters. The van der Waals surface area contributed by atoms with Gasteiger partial charge in [0.2, 0.25) is 0 Å². The van der Waals surface area contributed by atoms with Crippen LogP contribution in [0.4, 0.5) is 5.82 Å². The molecule has 0 bridgehead atoms. The molecule has 2 N–H and O–H groups in total. The molecule has 0 fully saturated rings. The summed E-state index contributed by atoms with van der Waals surface area (Å²) in [5, 5.41) is 2.67. The third-order valence-electron chi connectivity index (χ3n) is 1.87. The SMILES string of the molecule is Cc1csc(SCc2nc(N)ccc2Cl)n1. The van der Waals surface area contributed by atoms with Crippen LogP contribution in [0.1, 0.15) is 11.4 Å². The summed E-state index contributed by atoms with van der Waals surface area (Å²) in [6, 6.07) is 3.47. The molecule has 0 spiro atoms. The lowest BCUT2D eigenvalue weighted by Crippen LogP contribution is -1.94. The number of thioether (sulfide) groups is 1. The number of aromatic nitrogens is 2. The molecule has 2 aromatic heterocycles. The fourth-order valence-electron chi connectivity index (χ4n) is 1.13. The summed E-state index contributed by atoms with van der Waals surface area (Å²) in [4.78, 5) is 8.55. The lowest BCUT2D eigenvalue weighted by Gasteiger charge is -2.02. The van der Waals surface area contributed by atoms with Gasteiger partial charge in [-0.1, -0.05) is 23.4 Å². The molecule has 84 valence electrons. The Morgan fingerprint density at radius 3 is 2.94 bits per heavy atom. The second-order valence-corrected chi connectivity index (χ2v) is 5.70. The predicted molar refractivity (Wildman–Crippen MR) is 70.1 cm³/mol. The summed E-state index contributed by atoms with van der Waals surface area (Å²) < 4.78 is 1.03. The van der Waals surface area contributed by atoms with E-state index in [2.05, 4.69) is 9.97 Å². The largest absolute Gasteiger partial charge is 0.384 e.